The molecule has 0 aliphatic carbocycles. The van der Waals surface area contributed by atoms with Crippen molar-refractivity contribution >= 4 is 28.3 Å². The highest BCUT2D eigenvalue weighted by Gasteiger charge is 2.14. The van der Waals surface area contributed by atoms with Gasteiger partial charge >= 0.3 is 0 Å². The van der Waals surface area contributed by atoms with E-state index in [0.29, 0.717) is 22.9 Å². The highest BCUT2D eigenvalue weighted by Crippen LogP contribution is 2.21. The molecule has 2 heterocycles. The minimum atomic E-state index is -0.0850. The number of H-pyrrole nitrogens is 1. The SMILES string of the molecule is CSc1nc2nc(C)c(Cc3cccc4ccccc34)c(=O)n2[nH]1. The molecule has 0 amide bonds. The van der Waals surface area contributed by atoms with E-state index >= 15 is 0 Å². The first-order valence-electron chi connectivity index (χ1n) is 7.66. The van der Waals surface area contributed by atoms with Crippen LogP contribution in [-0.4, -0.2) is 25.8 Å². The van der Waals surface area contributed by atoms with Crippen LogP contribution in [0.2, 0.25) is 0 Å². The predicted octanol–water partition coefficient (Wildman–Crippen LogP) is 3.19. The van der Waals surface area contributed by atoms with Crippen LogP contribution in [0.25, 0.3) is 16.6 Å². The summed E-state index contributed by atoms with van der Waals surface area (Å²) in [5.74, 6) is 0.420. The Morgan fingerprint density at radius 1 is 1.12 bits per heavy atom. The normalized spacial score (nSPS) is 11.4. The Kier molecular flexibility index (Phi) is 3.61. The molecule has 6 heteroatoms. The molecule has 0 saturated carbocycles. The van der Waals surface area contributed by atoms with Gasteiger partial charge in [-0.25, -0.2) is 4.98 Å². The van der Waals surface area contributed by atoms with Gasteiger partial charge in [0.15, 0.2) is 5.16 Å². The highest BCUT2D eigenvalue weighted by molar-refractivity contribution is 7.98. The van der Waals surface area contributed by atoms with Crippen molar-refractivity contribution in [1.29, 1.82) is 0 Å². The lowest BCUT2D eigenvalue weighted by atomic mass is 9.98. The van der Waals surface area contributed by atoms with E-state index in [1.165, 1.54) is 27.0 Å². The molecule has 4 aromatic rings. The van der Waals surface area contributed by atoms with Crippen LogP contribution in [0.5, 0.6) is 0 Å². The molecule has 0 saturated heterocycles. The molecule has 2 aromatic heterocycles. The zero-order valence-corrected chi connectivity index (χ0v) is 14.2. The standard InChI is InChI=1S/C18H16N4OS/c1-11-15(16(23)22-17(19-11)20-18(21-22)24-2)10-13-8-5-7-12-6-3-4-9-14(12)13/h3-9H,10H2,1-2H3,(H,19,20,21). The number of aromatic nitrogens is 4. The van der Waals surface area contributed by atoms with E-state index in [1.54, 1.807) is 0 Å². The van der Waals surface area contributed by atoms with Gasteiger partial charge in [-0.2, -0.15) is 9.50 Å². The minimum absolute atomic E-state index is 0.0850. The number of aromatic amines is 1. The summed E-state index contributed by atoms with van der Waals surface area (Å²) in [5.41, 5.74) is 2.46. The zero-order valence-electron chi connectivity index (χ0n) is 13.4. The Morgan fingerprint density at radius 3 is 2.75 bits per heavy atom. The molecule has 120 valence electrons. The Labute approximate surface area is 142 Å². The molecule has 1 N–H and O–H groups in total. The summed E-state index contributed by atoms with van der Waals surface area (Å²) in [7, 11) is 0. The van der Waals surface area contributed by atoms with Crippen LogP contribution in [0.4, 0.5) is 0 Å². The summed E-state index contributed by atoms with van der Waals surface area (Å²) < 4.78 is 1.43. The van der Waals surface area contributed by atoms with E-state index in [0.717, 1.165) is 11.3 Å². The van der Waals surface area contributed by atoms with E-state index in [2.05, 4.69) is 39.3 Å². The molecule has 0 bridgehead atoms. The van der Waals surface area contributed by atoms with Crippen LogP contribution in [-0.2, 0) is 6.42 Å². The predicted molar refractivity (Wildman–Crippen MR) is 96.9 cm³/mol. The fourth-order valence-corrected chi connectivity index (χ4v) is 3.32. The van der Waals surface area contributed by atoms with Crippen LogP contribution in [0.15, 0.2) is 52.4 Å². The van der Waals surface area contributed by atoms with Gasteiger partial charge < -0.3 is 0 Å². The first kappa shape index (κ1) is 15.0. The molecule has 0 aliphatic rings. The average Bonchev–Trinajstić information content (AvgIpc) is 3.02. The van der Waals surface area contributed by atoms with E-state index in [-0.39, 0.29) is 5.56 Å². The van der Waals surface area contributed by atoms with Crippen LogP contribution >= 0.6 is 11.8 Å². The number of hydrogen-bond donors (Lipinski definition) is 1. The second-order valence-corrected chi connectivity index (χ2v) is 6.46. The molecule has 24 heavy (non-hydrogen) atoms. The van der Waals surface area contributed by atoms with Gasteiger partial charge in [-0.1, -0.05) is 54.2 Å². The van der Waals surface area contributed by atoms with Gasteiger partial charge in [-0.05, 0) is 29.5 Å². The Hall–Kier alpha value is -2.60. The second kappa shape index (κ2) is 5.79. The molecule has 0 fully saturated rings. The van der Waals surface area contributed by atoms with Crippen molar-refractivity contribution in [3.63, 3.8) is 0 Å². The number of fused-ring (bicyclic) bond motifs is 2. The van der Waals surface area contributed by atoms with Gasteiger partial charge in [0.1, 0.15) is 0 Å². The molecule has 5 nitrogen and oxygen atoms in total. The van der Waals surface area contributed by atoms with E-state index in [4.69, 9.17) is 0 Å². The van der Waals surface area contributed by atoms with Crippen LogP contribution < -0.4 is 5.56 Å². The first-order valence-corrected chi connectivity index (χ1v) is 8.88. The quantitative estimate of drug-likeness (QED) is 0.584. The van der Waals surface area contributed by atoms with E-state index in [1.807, 2.05) is 31.4 Å². The van der Waals surface area contributed by atoms with E-state index in [9.17, 15) is 4.79 Å². The number of aryl methyl sites for hydroxylation is 1. The fourth-order valence-electron chi connectivity index (χ4n) is 2.97. The third kappa shape index (κ3) is 2.39. The van der Waals surface area contributed by atoms with Gasteiger partial charge in [-0.3, -0.25) is 9.89 Å². The fraction of sp³-hybridized carbons (Fsp3) is 0.167. The van der Waals surface area contributed by atoms with Gasteiger partial charge in [0.05, 0.1) is 5.69 Å². The third-order valence-corrected chi connectivity index (χ3v) is 4.78. The smallest absolute Gasteiger partial charge is 0.267 e. The van der Waals surface area contributed by atoms with Crippen LogP contribution in [0, 0.1) is 6.92 Å². The molecule has 0 atom stereocenters. The molecule has 0 aliphatic heterocycles. The largest absolute Gasteiger partial charge is 0.277 e. The number of nitrogens with zero attached hydrogens (tertiary/aromatic N) is 3. The lowest BCUT2D eigenvalue weighted by Gasteiger charge is -2.08. The van der Waals surface area contributed by atoms with Gasteiger partial charge in [0.2, 0.25) is 0 Å². The first-order chi connectivity index (χ1) is 11.7. The zero-order chi connectivity index (χ0) is 16.7. The maximum absolute atomic E-state index is 12.9. The number of benzene rings is 2. The summed E-state index contributed by atoms with van der Waals surface area (Å²) in [6.07, 6.45) is 2.46. The molecule has 0 unspecified atom stereocenters. The van der Waals surface area contributed by atoms with Crippen molar-refractivity contribution in [2.24, 2.45) is 0 Å². The molecule has 0 spiro atoms. The van der Waals surface area contributed by atoms with E-state index < -0.39 is 0 Å². The third-order valence-electron chi connectivity index (χ3n) is 4.22. The number of rotatable bonds is 3. The van der Waals surface area contributed by atoms with Crippen molar-refractivity contribution in [3.05, 3.63) is 69.6 Å². The summed E-state index contributed by atoms with van der Waals surface area (Å²) in [6.45, 7) is 1.87. The summed E-state index contributed by atoms with van der Waals surface area (Å²) in [5, 5.41) is 6.02. The lowest BCUT2D eigenvalue weighted by Crippen LogP contribution is -2.22. The Bertz CT molecular complexity index is 1110. The van der Waals surface area contributed by atoms with Crippen molar-refractivity contribution in [2.45, 2.75) is 18.5 Å². The Balaban J connectivity index is 1.88. The molecule has 0 radical (unpaired) electrons. The Morgan fingerprint density at radius 2 is 1.92 bits per heavy atom. The van der Waals surface area contributed by atoms with Crippen molar-refractivity contribution in [3.8, 4) is 0 Å². The minimum Gasteiger partial charge on any atom is -0.267 e. The number of hydrogen-bond acceptors (Lipinski definition) is 4. The molecule has 4 rings (SSSR count). The highest BCUT2D eigenvalue weighted by atomic mass is 32.2. The number of nitrogens with one attached hydrogen (secondary N) is 1. The maximum Gasteiger partial charge on any atom is 0.277 e. The topological polar surface area (TPSA) is 63.1 Å². The van der Waals surface area contributed by atoms with Crippen molar-refractivity contribution in [2.75, 3.05) is 6.26 Å². The molecular weight excluding hydrogens is 320 g/mol. The van der Waals surface area contributed by atoms with Gasteiger partial charge in [0, 0.05) is 12.0 Å². The molecular formula is C18H16N4OS. The monoisotopic (exact) mass is 336 g/mol. The van der Waals surface area contributed by atoms with Crippen LogP contribution in [0.3, 0.4) is 0 Å². The van der Waals surface area contributed by atoms with Gasteiger partial charge in [-0.15, -0.1) is 0 Å². The summed E-state index contributed by atoms with van der Waals surface area (Å²) >= 11 is 1.45. The van der Waals surface area contributed by atoms with Crippen molar-refractivity contribution in [1.82, 2.24) is 19.6 Å². The van der Waals surface area contributed by atoms with Crippen molar-refractivity contribution < 1.29 is 0 Å². The van der Waals surface area contributed by atoms with Crippen LogP contribution in [0.1, 0.15) is 16.8 Å². The average molecular weight is 336 g/mol. The maximum atomic E-state index is 12.9. The molecule has 2 aromatic carbocycles. The summed E-state index contributed by atoms with van der Waals surface area (Å²) in [6, 6.07) is 14.4. The second-order valence-electron chi connectivity index (χ2n) is 5.66. The lowest BCUT2D eigenvalue weighted by molar-refractivity contribution is 0.827. The van der Waals surface area contributed by atoms with Gasteiger partial charge in [0.25, 0.3) is 11.3 Å². The number of thioether (sulfide) groups is 1. The summed E-state index contributed by atoms with van der Waals surface area (Å²) in [4.78, 5) is 21.7.